The number of hydrogen-bond donors (Lipinski definition) is 1. The fourth-order valence-corrected chi connectivity index (χ4v) is 2.96. The van der Waals surface area contributed by atoms with Crippen molar-refractivity contribution in [2.45, 2.75) is 6.61 Å². The molecule has 1 aliphatic rings. The van der Waals surface area contributed by atoms with E-state index in [2.05, 4.69) is 21.2 Å². The van der Waals surface area contributed by atoms with Gasteiger partial charge in [-0.15, -0.1) is 0 Å². The molecule has 1 N–H and O–H groups in total. The molecule has 0 spiro atoms. The Morgan fingerprint density at radius 1 is 1.28 bits per heavy atom. The molecule has 7 heteroatoms. The van der Waals surface area contributed by atoms with E-state index in [9.17, 15) is 9.18 Å². The Morgan fingerprint density at radius 2 is 2.00 bits per heavy atom. The van der Waals surface area contributed by atoms with Crippen LogP contribution in [0.1, 0.15) is 11.1 Å². The van der Waals surface area contributed by atoms with Gasteiger partial charge in [-0.05, 0) is 69.6 Å². The van der Waals surface area contributed by atoms with Crippen molar-refractivity contribution in [1.82, 2.24) is 10.2 Å². The number of benzene rings is 2. The molecule has 0 radical (unpaired) electrons. The predicted octanol–water partition coefficient (Wildman–Crippen LogP) is 3.85. The summed E-state index contributed by atoms with van der Waals surface area (Å²) in [5, 5.41) is 3.26. The summed E-state index contributed by atoms with van der Waals surface area (Å²) in [6.07, 6.45) is 1.73. The maximum absolute atomic E-state index is 12.9. The third-order valence-corrected chi connectivity index (χ3v) is 4.65. The molecular formula is C18H14BrFN2O2S. The summed E-state index contributed by atoms with van der Waals surface area (Å²) in [4.78, 5) is 13.4. The molecular weight excluding hydrogens is 407 g/mol. The second-order valence-electron chi connectivity index (χ2n) is 5.46. The van der Waals surface area contributed by atoms with Crippen LogP contribution in [0, 0.1) is 5.82 Å². The lowest BCUT2D eigenvalue weighted by Gasteiger charge is -2.09. The van der Waals surface area contributed by atoms with Gasteiger partial charge in [-0.25, -0.2) is 4.39 Å². The number of rotatable bonds is 4. The van der Waals surface area contributed by atoms with Gasteiger partial charge in [-0.3, -0.25) is 9.69 Å². The number of nitrogens with zero attached hydrogens (tertiary/aromatic N) is 1. The molecule has 0 atom stereocenters. The van der Waals surface area contributed by atoms with E-state index in [-0.39, 0.29) is 11.7 Å². The fourth-order valence-electron chi connectivity index (χ4n) is 2.26. The van der Waals surface area contributed by atoms with Gasteiger partial charge >= 0.3 is 0 Å². The van der Waals surface area contributed by atoms with Gasteiger partial charge < -0.3 is 10.1 Å². The van der Waals surface area contributed by atoms with Crippen LogP contribution in [0.2, 0.25) is 0 Å². The molecule has 3 rings (SSSR count). The van der Waals surface area contributed by atoms with Crippen LogP contribution >= 0.6 is 28.1 Å². The third kappa shape index (κ3) is 4.05. The molecule has 1 amide bonds. The molecule has 2 aromatic carbocycles. The number of likely N-dealkylation sites (N-methyl/N-ethyl adjacent to an activating group) is 1. The normalized spacial score (nSPS) is 15.6. The Labute approximate surface area is 158 Å². The SMILES string of the molecule is CN1C(=O)/C(=C/c2ccc(OCc3ccc(F)cc3)c(Br)c2)NC1=S. The summed E-state index contributed by atoms with van der Waals surface area (Å²) < 4.78 is 19.4. The van der Waals surface area contributed by atoms with Crippen molar-refractivity contribution in [1.29, 1.82) is 0 Å². The zero-order chi connectivity index (χ0) is 18.0. The summed E-state index contributed by atoms with van der Waals surface area (Å²) in [5.41, 5.74) is 2.13. The first-order valence-electron chi connectivity index (χ1n) is 7.41. The zero-order valence-corrected chi connectivity index (χ0v) is 15.7. The van der Waals surface area contributed by atoms with Crippen LogP contribution in [0.5, 0.6) is 5.75 Å². The van der Waals surface area contributed by atoms with Crippen LogP contribution in [-0.4, -0.2) is 23.0 Å². The number of ether oxygens (including phenoxy) is 1. The quantitative estimate of drug-likeness (QED) is 0.602. The van der Waals surface area contributed by atoms with Gasteiger partial charge in [0.25, 0.3) is 5.91 Å². The molecule has 0 unspecified atom stereocenters. The molecule has 2 aromatic rings. The fraction of sp³-hybridized carbons (Fsp3) is 0.111. The number of amides is 1. The Bertz CT molecular complexity index is 868. The van der Waals surface area contributed by atoms with E-state index < -0.39 is 0 Å². The average molecular weight is 421 g/mol. The molecule has 4 nitrogen and oxygen atoms in total. The standard InChI is InChI=1S/C18H14BrFN2O2S/c1-22-17(23)15(21-18(22)25)9-12-4-7-16(14(19)8-12)24-10-11-2-5-13(20)6-3-11/h2-9H,10H2,1H3,(H,21,25)/b15-9-. The predicted molar refractivity (Wildman–Crippen MR) is 101 cm³/mol. The van der Waals surface area contributed by atoms with Crippen LogP contribution in [0.15, 0.2) is 52.6 Å². The maximum atomic E-state index is 12.9. The maximum Gasteiger partial charge on any atom is 0.276 e. The largest absolute Gasteiger partial charge is 0.488 e. The van der Waals surface area contributed by atoms with Crippen molar-refractivity contribution in [3.63, 3.8) is 0 Å². The van der Waals surface area contributed by atoms with E-state index in [0.717, 1.165) is 15.6 Å². The molecule has 0 aromatic heterocycles. The van der Waals surface area contributed by atoms with E-state index in [1.165, 1.54) is 17.0 Å². The number of hydrogen-bond acceptors (Lipinski definition) is 3. The van der Waals surface area contributed by atoms with Gasteiger partial charge in [0, 0.05) is 7.05 Å². The summed E-state index contributed by atoms with van der Waals surface area (Å²) >= 11 is 8.51. The molecule has 25 heavy (non-hydrogen) atoms. The smallest absolute Gasteiger partial charge is 0.276 e. The second-order valence-corrected chi connectivity index (χ2v) is 6.70. The molecule has 0 saturated carbocycles. The van der Waals surface area contributed by atoms with Gasteiger partial charge in [0.1, 0.15) is 23.9 Å². The van der Waals surface area contributed by atoms with Gasteiger partial charge in [0.15, 0.2) is 5.11 Å². The van der Waals surface area contributed by atoms with E-state index in [1.807, 2.05) is 18.2 Å². The Kier molecular flexibility index (Phi) is 5.15. The minimum absolute atomic E-state index is 0.169. The van der Waals surface area contributed by atoms with Crippen LogP contribution < -0.4 is 10.1 Å². The topological polar surface area (TPSA) is 41.6 Å². The van der Waals surface area contributed by atoms with Crippen molar-refractivity contribution >= 4 is 45.2 Å². The molecule has 1 aliphatic heterocycles. The van der Waals surface area contributed by atoms with Gasteiger partial charge in [0.2, 0.25) is 0 Å². The molecule has 1 heterocycles. The summed E-state index contributed by atoms with van der Waals surface area (Å²) in [7, 11) is 1.63. The first-order chi connectivity index (χ1) is 11.9. The highest BCUT2D eigenvalue weighted by molar-refractivity contribution is 9.10. The Hall–Kier alpha value is -2.25. The van der Waals surface area contributed by atoms with Crippen LogP contribution in [-0.2, 0) is 11.4 Å². The number of carbonyl (C=O) groups excluding carboxylic acids is 1. The number of halogens is 2. The summed E-state index contributed by atoms with van der Waals surface area (Å²) in [6, 6.07) is 11.7. The lowest BCUT2D eigenvalue weighted by molar-refractivity contribution is -0.121. The minimum Gasteiger partial charge on any atom is -0.488 e. The van der Waals surface area contributed by atoms with E-state index in [4.69, 9.17) is 17.0 Å². The molecule has 0 aliphatic carbocycles. The van der Waals surface area contributed by atoms with Crippen LogP contribution in [0.4, 0.5) is 4.39 Å². The molecule has 128 valence electrons. The summed E-state index contributed by atoms with van der Waals surface area (Å²) in [6.45, 7) is 0.332. The van der Waals surface area contributed by atoms with Crippen LogP contribution in [0.3, 0.4) is 0 Å². The molecule has 1 fully saturated rings. The third-order valence-electron chi connectivity index (χ3n) is 3.66. The summed E-state index contributed by atoms with van der Waals surface area (Å²) in [5.74, 6) is 0.213. The highest BCUT2D eigenvalue weighted by atomic mass is 79.9. The number of carbonyl (C=O) groups is 1. The monoisotopic (exact) mass is 420 g/mol. The van der Waals surface area contributed by atoms with Crippen molar-refractivity contribution in [2.24, 2.45) is 0 Å². The average Bonchev–Trinajstić information content (AvgIpc) is 2.83. The first-order valence-corrected chi connectivity index (χ1v) is 8.61. The van der Waals surface area contributed by atoms with E-state index >= 15 is 0 Å². The van der Waals surface area contributed by atoms with Gasteiger partial charge in [-0.1, -0.05) is 18.2 Å². The van der Waals surface area contributed by atoms with Crippen LogP contribution in [0.25, 0.3) is 6.08 Å². The molecule has 1 saturated heterocycles. The molecule has 0 bridgehead atoms. The van der Waals surface area contributed by atoms with E-state index in [1.54, 1.807) is 25.3 Å². The Morgan fingerprint density at radius 3 is 2.60 bits per heavy atom. The number of thiocarbonyl (C=S) groups is 1. The second kappa shape index (κ2) is 7.33. The Balaban J connectivity index is 1.72. The lowest BCUT2D eigenvalue weighted by atomic mass is 10.2. The first kappa shape index (κ1) is 17.6. The lowest BCUT2D eigenvalue weighted by Crippen LogP contribution is -2.25. The van der Waals surface area contributed by atoms with Crippen molar-refractivity contribution in [3.8, 4) is 5.75 Å². The van der Waals surface area contributed by atoms with Crippen molar-refractivity contribution < 1.29 is 13.9 Å². The van der Waals surface area contributed by atoms with E-state index in [0.29, 0.717) is 23.2 Å². The van der Waals surface area contributed by atoms with Crippen molar-refractivity contribution in [3.05, 3.63) is 69.6 Å². The number of nitrogens with one attached hydrogen (secondary N) is 1. The van der Waals surface area contributed by atoms with Gasteiger partial charge in [0.05, 0.1) is 4.47 Å². The van der Waals surface area contributed by atoms with Crippen molar-refractivity contribution in [2.75, 3.05) is 7.05 Å². The zero-order valence-electron chi connectivity index (χ0n) is 13.3. The van der Waals surface area contributed by atoms with Gasteiger partial charge in [-0.2, -0.15) is 0 Å². The highest BCUT2D eigenvalue weighted by Gasteiger charge is 2.26. The highest BCUT2D eigenvalue weighted by Crippen LogP contribution is 2.28. The minimum atomic E-state index is -0.275.